The molecule has 2 aromatic carbocycles. The lowest BCUT2D eigenvalue weighted by atomic mass is 9.96. The molecule has 0 unspecified atom stereocenters. The van der Waals surface area contributed by atoms with E-state index in [9.17, 15) is 19.1 Å². The van der Waals surface area contributed by atoms with Gasteiger partial charge in [0, 0.05) is 16.6 Å². The summed E-state index contributed by atoms with van der Waals surface area (Å²) in [5.41, 5.74) is 1.95. The average molecular weight is 381 g/mol. The predicted molar refractivity (Wildman–Crippen MR) is 102 cm³/mol. The molecule has 1 N–H and O–H groups in total. The number of esters is 1. The summed E-state index contributed by atoms with van der Waals surface area (Å²) in [5, 5.41) is 10.5. The topological polar surface area (TPSA) is 68.5 Å². The Balaban J connectivity index is 1.77. The molecule has 1 saturated carbocycles. The number of fused-ring (bicyclic) bond motifs is 1. The highest BCUT2D eigenvalue weighted by atomic mass is 19.1. The minimum atomic E-state index is -0.498. The molecule has 0 spiro atoms. The van der Waals surface area contributed by atoms with Gasteiger partial charge < -0.3 is 9.84 Å². The Morgan fingerprint density at radius 2 is 2.00 bits per heavy atom. The van der Waals surface area contributed by atoms with Crippen LogP contribution in [-0.4, -0.2) is 27.7 Å². The number of hydrogen-bond acceptors (Lipinski definition) is 4. The van der Waals surface area contributed by atoms with Crippen molar-refractivity contribution in [2.75, 3.05) is 0 Å². The molecule has 0 atom stereocenters. The van der Waals surface area contributed by atoms with E-state index in [1.54, 1.807) is 19.1 Å². The first-order valence-corrected chi connectivity index (χ1v) is 9.26. The van der Waals surface area contributed by atoms with Crippen LogP contribution in [0.4, 0.5) is 4.39 Å². The summed E-state index contributed by atoms with van der Waals surface area (Å²) in [6.07, 6.45) is 2.80. The molecule has 0 saturated heterocycles. The van der Waals surface area contributed by atoms with E-state index in [4.69, 9.17) is 4.74 Å². The van der Waals surface area contributed by atoms with Crippen LogP contribution >= 0.6 is 0 Å². The first-order chi connectivity index (χ1) is 13.4. The summed E-state index contributed by atoms with van der Waals surface area (Å²) in [7, 11) is 0. The molecule has 28 heavy (non-hydrogen) atoms. The minimum Gasteiger partial charge on any atom is -0.508 e. The number of aromatic nitrogens is 1. The number of aromatic hydroxyl groups is 1. The lowest BCUT2D eigenvalue weighted by molar-refractivity contribution is -0.152. The molecule has 144 valence electrons. The van der Waals surface area contributed by atoms with E-state index >= 15 is 0 Å². The summed E-state index contributed by atoms with van der Waals surface area (Å²) < 4.78 is 20.5. The molecule has 0 bridgehead atoms. The molecule has 1 aliphatic carbocycles. The van der Waals surface area contributed by atoms with Crippen molar-refractivity contribution in [3.05, 3.63) is 65.1 Å². The smallest absolute Gasteiger partial charge is 0.310 e. The van der Waals surface area contributed by atoms with Crippen molar-refractivity contribution in [2.45, 2.75) is 38.7 Å². The number of benzene rings is 2. The highest BCUT2D eigenvalue weighted by Crippen LogP contribution is 2.31. The SMILES string of the molecule is Cc1c(CC(=O)OC2CCC2)c2cc(O)ccc2n1C(=O)c1cccc(F)c1. The second-order valence-corrected chi connectivity index (χ2v) is 7.14. The predicted octanol–water partition coefficient (Wildman–Crippen LogP) is 4.12. The molecule has 1 aromatic heterocycles. The van der Waals surface area contributed by atoms with E-state index in [-0.39, 0.29) is 29.8 Å². The van der Waals surface area contributed by atoms with Gasteiger partial charge in [-0.15, -0.1) is 0 Å². The quantitative estimate of drug-likeness (QED) is 0.690. The fourth-order valence-electron chi connectivity index (χ4n) is 3.57. The van der Waals surface area contributed by atoms with Crippen LogP contribution in [0.15, 0.2) is 42.5 Å². The van der Waals surface area contributed by atoms with Crippen molar-refractivity contribution in [2.24, 2.45) is 0 Å². The zero-order chi connectivity index (χ0) is 19.8. The summed E-state index contributed by atoms with van der Waals surface area (Å²) in [6.45, 7) is 1.74. The van der Waals surface area contributed by atoms with Gasteiger partial charge in [0.2, 0.25) is 0 Å². The van der Waals surface area contributed by atoms with Gasteiger partial charge in [-0.3, -0.25) is 14.2 Å². The first kappa shape index (κ1) is 18.2. The Hall–Kier alpha value is -3.15. The summed E-state index contributed by atoms with van der Waals surface area (Å²) >= 11 is 0. The number of phenolic OH excluding ortho intramolecular Hbond substituents is 1. The Kier molecular flexibility index (Phi) is 4.63. The molecule has 4 rings (SSSR count). The van der Waals surface area contributed by atoms with Gasteiger partial charge in [-0.25, -0.2) is 4.39 Å². The number of hydrogen-bond donors (Lipinski definition) is 1. The maximum Gasteiger partial charge on any atom is 0.310 e. The molecule has 5 nitrogen and oxygen atoms in total. The Labute approximate surface area is 161 Å². The van der Waals surface area contributed by atoms with Crippen LogP contribution < -0.4 is 0 Å². The molecule has 1 aliphatic rings. The molecule has 0 amide bonds. The monoisotopic (exact) mass is 381 g/mol. The molecule has 6 heteroatoms. The molecule has 0 radical (unpaired) electrons. The van der Waals surface area contributed by atoms with Gasteiger partial charge in [0.1, 0.15) is 17.7 Å². The maximum atomic E-state index is 13.6. The van der Waals surface area contributed by atoms with Crippen molar-refractivity contribution in [3.63, 3.8) is 0 Å². The highest BCUT2D eigenvalue weighted by Gasteiger charge is 2.25. The lowest BCUT2D eigenvalue weighted by Gasteiger charge is -2.25. The summed E-state index contributed by atoms with van der Waals surface area (Å²) in [6, 6.07) is 10.1. The third-order valence-corrected chi connectivity index (χ3v) is 5.26. The van der Waals surface area contributed by atoms with Gasteiger partial charge in [0.15, 0.2) is 0 Å². The molecule has 3 aromatic rings. The largest absolute Gasteiger partial charge is 0.508 e. The van der Waals surface area contributed by atoms with E-state index in [0.717, 1.165) is 19.3 Å². The molecule has 0 aliphatic heterocycles. The molecular weight excluding hydrogens is 361 g/mol. The van der Waals surface area contributed by atoms with Crippen LogP contribution in [-0.2, 0) is 16.0 Å². The van der Waals surface area contributed by atoms with E-state index < -0.39 is 11.7 Å². The van der Waals surface area contributed by atoms with Gasteiger partial charge in [-0.05, 0) is 68.1 Å². The molecular formula is C22H20FNO4. The van der Waals surface area contributed by atoms with E-state index in [2.05, 4.69) is 0 Å². The first-order valence-electron chi connectivity index (χ1n) is 9.26. The Morgan fingerprint density at radius 1 is 1.21 bits per heavy atom. The maximum absolute atomic E-state index is 13.6. The minimum absolute atomic E-state index is 0.00567. The highest BCUT2D eigenvalue weighted by molar-refractivity contribution is 6.04. The van der Waals surface area contributed by atoms with Crippen LogP contribution in [0.2, 0.25) is 0 Å². The van der Waals surface area contributed by atoms with E-state index in [1.165, 1.54) is 34.9 Å². The Bertz CT molecular complexity index is 1080. The van der Waals surface area contributed by atoms with Crippen LogP contribution in [0.1, 0.15) is 40.9 Å². The van der Waals surface area contributed by atoms with Crippen LogP contribution in [0.25, 0.3) is 10.9 Å². The fourth-order valence-corrected chi connectivity index (χ4v) is 3.57. The third kappa shape index (κ3) is 3.26. The van der Waals surface area contributed by atoms with Gasteiger partial charge in [0.05, 0.1) is 11.9 Å². The number of ether oxygens (including phenoxy) is 1. The van der Waals surface area contributed by atoms with Crippen molar-refractivity contribution < 1.29 is 23.8 Å². The van der Waals surface area contributed by atoms with E-state index in [0.29, 0.717) is 22.2 Å². The third-order valence-electron chi connectivity index (χ3n) is 5.26. The summed E-state index contributed by atoms with van der Waals surface area (Å²) in [5.74, 6) is -1.21. The van der Waals surface area contributed by atoms with Gasteiger partial charge in [-0.1, -0.05) is 6.07 Å². The van der Waals surface area contributed by atoms with Gasteiger partial charge >= 0.3 is 5.97 Å². The average Bonchev–Trinajstić information content (AvgIpc) is 2.89. The fraction of sp³-hybridized carbons (Fsp3) is 0.273. The van der Waals surface area contributed by atoms with Crippen LogP contribution in [0.5, 0.6) is 5.75 Å². The normalized spacial score (nSPS) is 14.1. The van der Waals surface area contributed by atoms with Crippen LogP contribution in [0.3, 0.4) is 0 Å². The zero-order valence-electron chi connectivity index (χ0n) is 15.4. The Morgan fingerprint density at radius 3 is 2.68 bits per heavy atom. The van der Waals surface area contributed by atoms with E-state index in [1.807, 2.05) is 0 Å². The number of rotatable bonds is 4. The number of nitrogens with zero attached hydrogens (tertiary/aromatic N) is 1. The van der Waals surface area contributed by atoms with Crippen molar-refractivity contribution >= 4 is 22.8 Å². The van der Waals surface area contributed by atoms with Gasteiger partial charge in [0.25, 0.3) is 5.91 Å². The van der Waals surface area contributed by atoms with Crippen LogP contribution in [0, 0.1) is 12.7 Å². The summed E-state index contributed by atoms with van der Waals surface area (Å²) in [4.78, 5) is 25.4. The second kappa shape index (κ2) is 7.11. The number of phenols is 1. The second-order valence-electron chi connectivity index (χ2n) is 7.14. The number of carbonyl (C=O) groups excluding carboxylic acids is 2. The lowest BCUT2D eigenvalue weighted by Crippen LogP contribution is -2.26. The molecule has 1 fully saturated rings. The standard InChI is InChI=1S/C22H20FNO4/c1-13-18(12-21(26)28-17-6-3-7-17)19-11-16(25)8-9-20(19)24(13)22(27)14-4-2-5-15(23)10-14/h2,4-5,8-11,17,25H,3,6-7,12H2,1H3. The number of carbonyl (C=O) groups is 2. The van der Waals surface area contributed by atoms with Crippen molar-refractivity contribution in [3.8, 4) is 5.75 Å². The molecule has 1 heterocycles. The zero-order valence-corrected chi connectivity index (χ0v) is 15.4. The van der Waals surface area contributed by atoms with Crippen molar-refractivity contribution in [1.29, 1.82) is 0 Å². The number of halogens is 1. The van der Waals surface area contributed by atoms with Crippen molar-refractivity contribution in [1.82, 2.24) is 4.57 Å². The van der Waals surface area contributed by atoms with Gasteiger partial charge in [-0.2, -0.15) is 0 Å².